The fourth-order valence-electron chi connectivity index (χ4n) is 3.91. The first kappa shape index (κ1) is 27.0. The minimum atomic E-state index is -1.27. The maximum atomic E-state index is 13.1. The first-order valence-corrected chi connectivity index (χ1v) is 11.4. The average molecular weight is 514 g/mol. The Balaban J connectivity index is 1.91. The van der Waals surface area contributed by atoms with Gasteiger partial charge in [0.05, 0.1) is 30.6 Å². The largest absolute Gasteiger partial charge is 0.481 e. The zero-order chi connectivity index (χ0) is 27.4. The number of anilines is 1. The Morgan fingerprint density at radius 2 is 1.84 bits per heavy atom. The normalized spacial score (nSPS) is 12.8. The molecule has 0 bridgehead atoms. The fourth-order valence-corrected chi connectivity index (χ4v) is 3.91. The summed E-state index contributed by atoms with van der Waals surface area (Å²) in [5.41, 5.74) is 0.396. The number of carbonyl (C=O) groups is 4. The number of aromatic nitrogens is 3. The highest BCUT2D eigenvalue weighted by Crippen LogP contribution is 2.25. The third-order valence-corrected chi connectivity index (χ3v) is 5.74. The van der Waals surface area contributed by atoms with Crippen LogP contribution in [0.15, 0.2) is 33.6 Å². The average Bonchev–Trinajstić information content (AvgIpc) is 3.27. The number of rotatable bonds is 10. The molecule has 0 aliphatic heterocycles. The SMILES string of the molecule is CC(=O)NC(c1cn(C(CC(=O)O)C(=O)Nc2ccc3c(C)c(CC(=O)O)c(=O)oc3c2)nn1)C(C)C. The molecule has 1 aromatic carbocycles. The summed E-state index contributed by atoms with van der Waals surface area (Å²) in [6.45, 7) is 6.70. The second-order valence-electron chi connectivity index (χ2n) is 8.92. The van der Waals surface area contributed by atoms with E-state index in [2.05, 4.69) is 20.9 Å². The Bertz CT molecular complexity index is 1420. The van der Waals surface area contributed by atoms with Crippen molar-refractivity contribution in [3.63, 3.8) is 0 Å². The van der Waals surface area contributed by atoms with Gasteiger partial charge in [0, 0.05) is 24.1 Å². The van der Waals surface area contributed by atoms with E-state index in [0.717, 1.165) is 4.68 Å². The highest BCUT2D eigenvalue weighted by molar-refractivity contribution is 5.97. The van der Waals surface area contributed by atoms with E-state index in [0.29, 0.717) is 16.6 Å². The highest BCUT2D eigenvalue weighted by Gasteiger charge is 2.28. The minimum absolute atomic E-state index is 0.0271. The summed E-state index contributed by atoms with van der Waals surface area (Å²) in [5.74, 6) is -3.45. The Kier molecular flexibility index (Phi) is 8.05. The topological polar surface area (TPSA) is 194 Å². The maximum absolute atomic E-state index is 13.1. The van der Waals surface area contributed by atoms with E-state index in [4.69, 9.17) is 9.52 Å². The van der Waals surface area contributed by atoms with Crippen LogP contribution in [0.25, 0.3) is 11.0 Å². The Labute approximate surface area is 210 Å². The summed E-state index contributed by atoms with van der Waals surface area (Å²) in [4.78, 5) is 59.5. The first-order chi connectivity index (χ1) is 17.4. The molecule has 4 N–H and O–H groups in total. The van der Waals surface area contributed by atoms with E-state index < -0.39 is 48.4 Å². The Morgan fingerprint density at radius 1 is 1.14 bits per heavy atom. The zero-order valence-corrected chi connectivity index (χ0v) is 20.6. The number of nitrogens with one attached hydrogen (secondary N) is 2. The van der Waals surface area contributed by atoms with Gasteiger partial charge >= 0.3 is 17.6 Å². The lowest BCUT2D eigenvalue weighted by Crippen LogP contribution is -2.30. The molecule has 0 saturated heterocycles. The van der Waals surface area contributed by atoms with Crippen molar-refractivity contribution in [1.29, 1.82) is 0 Å². The molecule has 13 nitrogen and oxygen atoms in total. The predicted molar refractivity (Wildman–Crippen MR) is 130 cm³/mol. The lowest BCUT2D eigenvalue weighted by atomic mass is 10.0. The number of hydrogen-bond acceptors (Lipinski definition) is 8. The third kappa shape index (κ3) is 6.37. The first-order valence-electron chi connectivity index (χ1n) is 11.4. The van der Waals surface area contributed by atoms with Crippen LogP contribution < -0.4 is 16.3 Å². The Morgan fingerprint density at radius 3 is 2.43 bits per heavy atom. The summed E-state index contributed by atoms with van der Waals surface area (Å²) >= 11 is 0. The predicted octanol–water partition coefficient (Wildman–Crippen LogP) is 1.81. The highest BCUT2D eigenvalue weighted by atomic mass is 16.4. The van der Waals surface area contributed by atoms with Crippen molar-refractivity contribution < 1.29 is 33.8 Å². The number of fused-ring (bicyclic) bond motifs is 1. The van der Waals surface area contributed by atoms with E-state index in [9.17, 15) is 29.1 Å². The molecule has 0 radical (unpaired) electrons. The molecule has 0 fully saturated rings. The van der Waals surface area contributed by atoms with Gasteiger partial charge in [0.15, 0.2) is 0 Å². The number of benzene rings is 1. The van der Waals surface area contributed by atoms with Gasteiger partial charge in [0.2, 0.25) is 11.8 Å². The second kappa shape index (κ2) is 11.0. The van der Waals surface area contributed by atoms with Crippen molar-refractivity contribution >= 4 is 40.4 Å². The van der Waals surface area contributed by atoms with E-state index in [1.165, 1.54) is 25.3 Å². The standard InChI is InChI=1S/C24H27N5O8/c1-11(2)22(25-13(4)30)17-10-29(28-27-17)18(9-21(33)34)23(35)26-14-5-6-15-12(3)16(8-20(31)32)24(36)37-19(15)7-14/h5-7,10-11,18,22H,8-9H2,1-4H3,(H,25,30)(H,26,35)(H,31,32)(H,33,34). The molecule has 0 saturated carbocycles. The molecule has 0 aliphatic rings. The van der Waals surface area contributed by atoms with Gasteiger partial charge in [-0.3, -0.25) is 19.2 Å². The number of nitrogens with zero attached hydrogens (tertiary/aromatic N) is 3. The van der Waals surface area contributed by atoms with E-state index in [-0.39, 0.29) is 28.7 Å². The van der Waals surface area contributed by atoms with Gasteiger partial charge in [0.1, 0.15) is 17.3 Å². The molecule has 0 spiro atoms. The number of carboxylic acid groups (broad SMARTS) is 2. The smallest absolute Gasteiger partial charge is 0.340 e. The van der Waals surface area contributed by atoms with Crippen LogP contribution in [0.1, 0.15) is 56.1 Å². The molecule has 2 atom stereocenters. The lowest BCUT2D eigenvalue weighted by molar-refractivity contribution is -0.140. The molecule has 0 aliphatic carbocycles. The lowest BCUT2D eigenvalue weighted by Gasteiger charge is -2.19. The number of amides is 2. The molecule has 3 rings (SSSR count). The summed E-state index contributed by atoms with van der Waals surface area (Å²) < 4.78 is 6.39. The third-order valence-electron chi connectivity index (χ3n) is 5.74. The summed E-state index contributed by atoms with van der Waals surface area (Å²) in [6.07, 6.45) is 0.334. The molecule has 2 aromatic heterocycles. The maximum Gasteiger partial charge on any atom is 0.340 e. The van der Waals surface area contributed by atoms with Crippen LogP contribution in [-0.4, -0.2) is 49.0 Å². The van der Waals surface area contributed by atoms with E-state index in [1.807, 2.05) is 13.8 Å². The van der Waals surface area contributed by atoms with Gasteiger partial charge in [-0.25, -0.2) is 9.48 Å². The van der Waals surface area contributed by atoms with Crippen LogP contribution in [0.3, 0.4) is 0 Å². The molecule has 196 valence electrons. The zero-order valence-electron chi connectivity index (χ0n) is 20.6. The van der Waals surface area contributed by atoms with Gasteiger partial charge < -0.3 is 25.3 Å². The summed E-state index contributed by atoms with van der Waals surface area (Å²) in [7, 11) is 0. The monoisotopic (exact) mass is 513 g/mol. The molecule has 13 heteroatoms. The van der Waals surface area contributed by atoms with Gasteiger partial charge in [-0.15, -0.1) is 5.10 Å². The van der Waals surface area contributed by atoms with Crippen molar-refractivity contribution in [2.75, 3.05) is 5.32 Å². The second-order valence-corrected chi connectivity index (χ2v) is 8.92. The molecule has 37 heavy (non-hydrogen) atoms. The van der Waals surface area contributed by atoms with E-state index >= 15 is 0 Å². The molecular weight excluding hydrogens is 486 g/mol. The van der Waals surface area contributed by atoms with Crippen LogP contribution in [0, 0.1) is 12.8 Å². The van der Waals surface area contributed by atoms with Gasteiger partial charge in [-0.2, -0.15) is 0 Å². The van der Waals surface area contributed by atoms with Crippen LogP contribution in [-0.2, 0) is 25.6 Å². The van der Waals surface area contributed by atoms with Crippen LogP contribution in [0.5, 0.6) is 0 Å². The van der Waals surface area contributed by atoms with Crippen molar-refractivity contribution in [1.82, 2.24) is 20.3 Å². The van der Waals surface area contributed by atoms with Gasteiger partial charge in [-0.1, -0.05) is 19.1 Å². The van der Waals surface area contributed by atoms with Crippen molar-refractivity contribution in [2.45, 2.75) is 52.6 Å². The van der Waals surface area contributed by atoms with Crippen molar-refractivity contribution in [3.05, 3.63) is 51.6 Å². The van der Waals surface area contributed by atoms with Crippen LogP contribution in [0.2, 0.25) is 0 Å². The number of carboxylic acids is 2. The van der Waals surface area contributed by atoms with Gasteiger partial charge in [-0.05, 0) is 30.5 Å². The quantitative estimate of drug-likeness (QED) is 0.290. The molecular formula is C24H27N5O8. The van der Waals surface area contributed by atoms with Crippen molar-refractivity contribution in [2.24, 2.45) is 5.92 Å². The molecule has 2 heterocycles. The van der Waals surface area contributed by atoms with E-state index in [1.54, 1.807) is 13.0 Å². The summed E-state index contributed by atoms with van der Waals surface area (Å²) in [6, 6.07) is 2.72. The van der Waals surface area contributed by atoms with Crippen LogP contribution in [0.4, 0.5) is 5.69 Å². The van der Waals surface area contributed by atoms with Crippen molar-refractivity contribution in [3.8, 4) is 0 Å². The number of aliphatic carboxylic acids is 2. The molecule has 2 amide bonds. The fraction of sp³-hybridized carbons (Fsp3) is 0.375. The number of carbonyl (C=O) groups excluding carboxylic acids is 2. The number of hydrogen-bond donors (Lipinski definition) is 4. The molecule has 3 aromatic rings. The minimum Gasteiger partial charge on any atom is -0.481 e. The Hall–Kier alpha value is -4.55. The molecule has 2 unspecified atom stereocenters. The summed E-state index contributed by atoms with van der Waals surface area (Å²) in [5, 5.41) is 32.2. The van der Waals surface area contributed by atoms with Gasteiger partial charge in [0.25, 0.3) is 0 Å². The van der Waals surface area contributed by atoms with Crippen LogP contribution >= 0.6 is 0 Å². The number of aryl methyl sites for hydroxylation is 1.